The number of hydrogen-bond acceptors (Lipinski definition) is 5. The van der Waals surface area contributed by atoms with Crippen molar-refractivity contribution in [3.8, 4) is 0 Å². The second-order valence-corrected chi connectivity index (χ2v) is 6.70. The lowest BCUT2D eigenvalue weighted by molar-refractivity contribution is 0.149. The maximum Gasteiger partial charge on any atom is 0.0933 e. The Hall–Kier alpha value is -1.37. The van der Waals surface area contributed by atoms with Gasteiger partial charge in [-0.15, -0.1) is 0 Å². The van der Waals surface area contributed by atoms with Crippen LogP contribution in [-0.4, -0.2) is 61.3 Å². The molecule has 1 fully saturated rings. The molecule has 0 aliphatic heterocycles. The quantitative estimate of drug-likeness (QED) is 0.239. The van der Waals surface area contributed by atoms with Gasteiger partial charge < -0.3 is 20.9 Å². The van der Waals surface area contributed by atoms with Crippen LogP contribution in [0.2, 0.25) is 0 Å². The zero-order valence-corrected chi connectivity index (χ0v) is 17.3. The SMILES string of the molecule is CCN(CCN=CN/C=C\C=C(/C)OC(C)C)C1CCC(N)CC1.CO. The maximum atomic E-state index is 7.00. The first-order valence-electron chi connectivity index (χ1n) is 9.71. The molecule has 0 radical (unpaired) electrons. The monoisotopic (exact) mass is 368 g/mol. The summed E-state index contributed by atoms with van der Waals surface area (Å²) in [5, 5.41) is 10.1. The van der Waals surface area contributed by atoms with Crippen LogP contribution in [-0.2, 0) is 4.74 Å². The Kier molecular flexibility index (Phi) is 15.0. The highest BCUT2D eigenvalue weighted by Crippen LogP contribution is 2.21. The molecule has 0 amide bonds. The molecule has 0 aromatic rings. The van der Waals surface area contributed by atoms with E-state index in [9.17, 15) is 0 Å². The molecule has 4 N–H and O–H groups in total. The van der Waals surface area contributed by atoms with Gasteiger partial charge in [0.25, 0.3) is 0 Å². The average molecular weight is 369 g/mol. The lowest BCUT2D eigenvalue weighted by atomic mass is 9.91. The molecule has 152 valence electrons. The molecule has 6 heteroatoms. The highest BCUT2D eigenvalue weighted by atomic mass is 16.5. The molecule has 1 saturated carbocycles. The van der Waals surface area contributed by atoms with Gasteiger partial charge in [0.15, 0.2) is 0 Å². The highest BCUT2D eigenvalue weighted by molar-refractivity contribution is 5.55. The van der Waals surface area contributed by atoms with E-state index >= 15 is 0 Å². The molecule has 26 heavy (non-hydrogen) atoms. The molecule has 1 aliphatic carbocycles. The van der Waals surface area contributed by atoms with E-state index in [1.54, 1.807) is 6.34 Å². The Morgan fingerprint density at radius 3 is 2.54 bits per heavy atom. The van der Waals surface area contributed by atoms with E-state index < -0.39 is 0 Å². The normalized spacial score (nSPS) is 21.3. The third-order valence-electron chi connectivity index (χ3n) is 4.29. The second-order valence-electron chi connectivity index (χ2n) is 6.70. The fourth-order valence-corrected chi connectivity index (χ4v) is 3.06. The number of rotatable bonds is 10. The Balaban J connectivity index is 0.00000301. The number of aliphatic hydroxyl groups excluding tert-OH is 1. The molecule has 6 nitrogen and oxygen atoms in total. The summed E-state index contributed by atoms with van der Waals surface area (Å²) in [5.74, 6) is 0.908. The van der Waals surface area contributed by atoms with E-state index in [1.165, 1.54) is 12.8 Å². The molecule has 0 spiro atoms. The number of hydrogen-bond donors (Lipinski definition) is 3. The van der Waals surface area contributed by atoms with Crippen LogP contribution >= 0.6 is 0 Å². The first-order valence-corrected chi connectivity index (χ1v) is 9.71. The third kappa shape index (κ3) is 12.1. The summed E-state index contributed by atoms with van der Waals surface area (Å²) >= 11 is 0. The van der Waals surface area contributed by atoms with Crippen LogP contribution < -0.4 is 11.1 Å². The van der Waals surface area contributed by atoms with E-state index in [0.29, 0.717) is 12.1 Å². The Labute approximate surface area is 160 Å². The van der Waals surface area contributed by atoms with Gasteiger partial charge in [-0.3, -0.25) is 9.89 Å². The molecule has 1 rings (SSSR count). The van der Waals surface area contributed by atoms with Crippen LogP contribution in [0.25, 0.3) is 0 Å². The number of aliphatic hydroxyl groups is 1. The van der Waals surface area contributed by atoms with E-state index in [0.717, 1.165) is 45.3 Å². The lowest BCUT2D eigenvalue weighted by Gasteiger charge is -2.35. The highest BCUT2D eigenvalue weighted by Gasteiger charge is 2.22. The number of nitrogens with one attached hydrogen (secondary N) is 1. The van der Waals surface area contributed by atoms with Gasteiger partial charge in [-0.1, -0.05) is 6.92 Å². The van der Waals surface area contributed by atoms with Crippen LogP contribution in [0.3, 0.4) is 0 Å². The van der Waals surface area contributed by atoms with Crippen LogP contribution in [0.4, 0.5) is 0 Å². The predicted molar refractivity (Wildman–Crippen MR) is 111 cm³/mol. The minimum atomic E-state index is 0.214. The van der Waals surface area contributed by atoms with Gasteiger partial charge in [0.2, 0.25) is 0 Å². The number of ether oxygens (including phenoxy) is 1. The smallest absolute Gasteiger partial charge is 0.0933 e. The summed E-state index contributed by atoms with van der Waals surface area (Å²) in [4.78, 5) is 6.96. The molecule has 0 heterocycles. The van der Waals surface area contributed by atoms with Crippen molar-refractivity contribution in [3.63, 3.8) is 0 Å². The summed E-state index contributed by atoms with van der Waals surface area (Å²) < 4.78 is 5.53. The van der Waals surface area contributed by atoms with Gasteiger partial charge in [0.1, 0.15) is 0 Å². The molecule has 0 atom stereocenters. The summed E-state index contributed by atoms with van der Waals surface area (Å²) in [6, 6.07) is 1.10. The van der Waals surface area contributed by atoms with Crippen molar-refractivity contribution < 1.29 is 9.84 Å². The van der Waals surface area contributed by atoms with Gasteiger partial charge in [0.05, 0.1) is 24.7 Å². The maximum absolute atomic E-state index is 7.00. The van der Waals surface area contributed by atoms with Crippen LogP contribution in [0.5, 0.6) is 0 Å². The zero-order valence-electron chi connectivity index (χ0n) is 17.3. The van der Waals surface area contributed by atoms with Gasteiger partial charge in [0, 0.05) is 31.9 Å². The number of nitrogens with zero attached hydrogens (tertiary/aromatic N) is 2. The molecule has 0 saturated heterocycles. The van der Waals surface area contributed by atoms with Crippen molar-refractivity contribution in [2.75, 3.05) is 26.7 Å². The fraction of sp³-hybridized carbons (Fsp3) is 0.750. The van der Waals surface area contributed by atoms with Crippen LogP contribution in [0, 0.1) is 0 Å². The van der Waals surface area contributed by atoms with Crippen LogP contribution in [0.15, 0.2) is 29.1 Å². The van der Waals surface area contributed by atoms with Crippen molar-refractivity contribution >= 4 is 6.34 Å². The molecule has 0 bridgehead atoms. The summed E-state index contributed by atoms with van der Waals surface area (Å²) in [6.07, 6.45) is 12.5. The molecule has 0 unspecified atom stereocenters. The van der Waals surface area contributed by atoms with Gasteiger partial charge in [-0.05, 0) is 65.2 Å². The van der Waals surface area contributed by atoms with Crippen molar-refractivity contribution in [2.45, 2.75) is 71.6 Å². The number of allylic oxidation sites excluding steroid dienone is 3. The van der Waals surface area contributed by atoms with Crippen molar-refractivity contribution in [1.29, 1.82) is 0 Å². The first kappa shape index (κ1) is 24.6. The van der Waals surface area contributed by atoms with Crippen LogP contribution in [0.1, 0.15) is 53.4 Å². The van der Waals surface area contributed by atoms with Crippen molar-refractivity contribution in [3.05, 3.63) is 24.1 Å². The summed E-state index contributed by atoms with van der Waals surface area (Å²) in [7, 11) is 1.00. The largest absolute Gasteiger partial charge is 0.496 e. The summed E-state index contributed by atoms with van der Waals surface area (Å²) in [6.45, 7) is 11.1. The number of aliphatic imine (C=N–C) groups is 1. The fourth-order valence-electron chi connectivity index (χ4n) is 3.06. The standard InChI is InChI=1S/C19H36N4O.CH4O/c1-5-23(19-10-8-18(20)9-11-19)14-13-22-15-21-12-6-7-17(4)24-16(2)3;1-2/h6-7,12,15-16,18-19H,5,8-11,13-14,20H2,1-4H3,(H,21,22);2H,1H3/b12-6-,17-7+;. The second kappa shape index (κ2) is 15.9. The molecule has 1 aliphatic rings. The molecular weight excluding hydrogens is 328 g/mol. The Morgan fingerprint density at radius 1 is 1.31 bits per heavy atom. The Morgan fingerprint density at radius 2 is 1.96 bits per heavy atom. The minimum absolute atomic E-state index is 0.214. The molecular formula is C20H40N4O2. The number of nitrogens with two attached hydrogens (primary N) is 1. The zero-order chi connectivity index (χ0) is 19.8. The van der Waals surface area contributed by atoms with Crippen molar-refractivity contribution in [1.82, 2.24) is 10.2 Å². The van der Waals surface area contributed by atoms with E-state index in [4.69, 9.17) is 15.6 Å². The predicted octanol–water partition coefficient (Wildman–Crippen LogP) is 2.65. The minimum Gasteiger partial charge on any atom is -0.496 e. The summed E-state index contributed by atoms with van der Waals surface area (Å²) in [5.41, 5.74) is 5.99. The number of likely N-dealkylation sites (N-methyl/N-ethyl adjacent to an activating group) is 1. The van der Waals surface area contributed by atoms with Gasteiger partial charge in [-0.25, -0.2) is 0 Å². The van der Waals surface area contributed by atoms with Gasteiger partial charge >= 0.3 is 0 Å². The molecule has 0 aromatic carbocycles. The van der Waals surface area contributed by atoms with E-state index in [1.807, 2.05) is 39.1 Å². The topological polar surface area (TPSA) is 83.1 Å². The third-order valence-corrected chi connectivity index (χ3v) is 4.29. The van der Waals surface area contributed by atoms with E-state index in [2.05, 4.69) is 22.1 Å². The molecule has 0 aromatic heterocycles. The average Bonchev–Trinajstić information content (AvgIpc) is 2.62. The first-order chi connectivity index (χ1) is 12.5. The lowest BCUT2D eigenvalue weighted by Crippen LogP contribution is -2.41. The van der Waals surface area contributed by atoms with Gasteiger partial charge in [-0.2, -0.15) is 0 Å². The Bertz CT molecular complexity index is 414. The van der Waals surface area contributed by atoms with E-state index in [-0.39, 0.29) is 6.10 Å². The van der Waals surface area contributed by atoms with Crippen molar-refractivity contribution in [2.24, 2.45) is 10.7 Å².